The second-order valence-electron chi connectivity index (χ2n) is 5.56. The lowest BCUT2D eigenvalue weighted by Crippen LogP contribution is -2.32. The van der Waals surface area contributed by atoms with E-state index in [-0.39, 0.29) is 4.92 Å². The fraction of sp³-hybridized carbons (Fsp3) is 0.250. The largest absolute Gasteiger partial charge is 0.416 e. The molecule has 1 aliphatic heterocycles. The lowest BCUT2D eigenvalue weighted by molar-refractivity contribution is -0.516. The minimum atomic E-state index is -4.39. The van der Waals surface area contributed by atoms with Gasteiger partial charge in [-0.1, -0.05) is 6.07 Å². The molecule has 8 heteroatoms. The number of nitrogens with zero attached hydrogens (tertiary/aromatic N) is 1. The highest BCUT2D eigenvalue weighted by atomic mass is 19.4. The van der Waals surface area contributed by atoms with Crippen molar-refractivity contribution in [1.82, 2.24) is 0 Å². The van der Waals surface area contributed by atoms with Crippen molar-refractivity contribution < 1.29 is 18.1 Å². The number of nitro groups is 1. The highest BCUT2D eigenvalue weighted by Crippen LogP contribution is 2.33. The molecule has 0 spiro atoms. The summed E-state index contributed by atoms with van der Waals surface area (Å²) in [6.07, 6.45) is -4.30. The van der Waals surface area contributed by atoms with Crippen LogP contribution in [0.25, 0.3) is 0 Å². The monoisotopic (exact) mass is 337 g/mol. The first-order valence-electron chi connectivity index (χ1n) is 7.30. The van der Waals surface area contributed by atoms with Gasteiger partial charge in [-0.25, -0.2) is 0 Å². The summed E-state index contributed by atoms with van der Waals surface area (Å²) in [6.45, 7) is 0. The van der Waals surface area contributed by atoms with Crippen molar-refractivity contribution in [2.24, 2.45) is 0 Å². The molecule has 0 fully saturated rings. The van der Waals surface area contributed by atoms with Crippen molar-refractivity contribution >= 4 is 17.1 Å². The summed E-state index contributed by atoms with van der Waals surface area (Å²) in [7, 11) is 0. The SMILES string of the molecule is O=[N+]([O-])C1CCc2cc(Nc3cccc(C(F)(F)F)c3)ccc2N1. The summed E-state index contributed by atoms with van der Waals surface area (Å²) >= 11 is 0. The van der Waals surface area contributed by atoms with Gasteiger partial charge >= 0.3 is 6.18 Å². The number of anilines is 3. The van der Waals surface area contributed by atoms with Crippen molar-refractivity contribution in [3.63, 3.8) is 0 Å². The van der Waals surface area contributed by atoms with Crippen LogP contribution < -0.4 is 10.6 Å². The quantitative estimate of drug-likeness (QED) is 0.643. The van der Waals surface area contributed by atoms with Gasteiger partial charge in [0.1, 0.15) is 0 Å². The van der Waals surface area contributed by atoms with Gasteiger partial charge in [-0.15, -0.1) is 0 Å². The zero-order chi connectivity index (χ0) is 17.3. The number of fused-ring (bicyclic) bond motifs is 1. The Morgan fingerprint density at radius 3 is 2.62 bits per heavy atom. The lowest BCUT2D eigenvalue weighted by atomic mass is 10.0. The van der Waals surface area contributed by atoms with E-state index >= 15 is 0 Å². The summed E-state index contributed by atoms with van der Waals surface area (Å²) in [5, 5.41) is 16.6. The van der Waals surface area contributed by atoms with E-state index < -0.39 is 17.9 Å². The molecule has 1 unspecified atom stereocenters. The Balaban J connectivity index is 1.79. The van der Waals surface area contributed by atoms with Crippen molar-refractivity contribution in [1.29, 1.82) is 0 Å². The van der Waals surface area contributed by atoms with E-state index in [9.17, 15) is 23.3 Å². The fourth-order valence-electron chi connectivity index (χ4n) is 2.66. The van der Waals surface area contributed by atoms with E-state index in [1.807, 2.05) is 0 Å². The van der Waals surface area contributed by atoms with Gasteiger partial charge in [0.2, 0.25) is 0 Å². The summed E-state index contributed by atoms with van der Waals surface area (Å²) in [4.78, 5) is 10.5. The Labute approximate surface area is 135 Å². The van der Waals surface area contributed by atoms with E-state index in [0.717, 1.165) is 17.7 Å². The van der Waals surface area contributed by atoms with Crippen LogP contribution in [-0.2, 0) is 12.6 Å². The molecule has 1 heterocycles. The Morgan fingerprint density at radius 2 is 1.92 bits per heavy atom. The third-order valence-electron chi connectivity index (χ3n) is 3.85. The van der Waals surface area contributed by atoms with Crippen LogP contribution in [0.2, 0.25) is 0 Å². The third kappa shape index (κ3) is 3.42. The smallest absolute Gasteiger partial charge is 0.356 e. The van der Waals surface area contributed by atoms with Gasteiger partial charge in [0.05, 0.1) is 5.56 Å². The molecule has 1 atom stereocenters. The molecule has 24 heavy (non-hydrogen) atoms. The van der Waals surface area contributed by atoms with Crippen LogP contribution in [0, 0.1) is 10.1 Å². The molecule has 0 amide bonds. The first kappa shape index (κ1) is 16.1. The first-order chi connectivity index (χ1) is 11.3. The van der Waals surface area contributed by atoms with Gasteiger partial charge < -0.3 is 10.6 Å². The highest BCUT2D eigenvalue weighted by Gasteiger charge is 2.30. The van der Waals surface area contributed by atoms with Crippen LogP contribution in [-0.4, -0.2) is 11.1 Å². The van der Waals surface area contributed by atoms with E-state index in [1.54, 1.807) is 24.3 Å². The molecule has 2 aromatic rings. The Hall–Kier alpha value is -2.77. The molecule has 0 aromatic heterocycles. The molecule has 0 bridgehead atoms. The van der Waals surface area contributed by atoms with Gasteiger partial charge in [0.15, 0.2) is 0 Å². The molecule has 3 rings (SSSR count). The number of hydrogen-bond acceptors (Lipinski definition) is 4. The summed E-state index contributed by atoms with van der Waals surface area (Å²) in [6, 6.07) is 10.1. The maximum Gasteiger partial charge on any atom is 0.416 e. The highest BCUT2D eigenvalue weighted by molar-refractivity contribution is 5.66. The number of aryl methyl sites for hydroxylation is 1. The van der Waals surface area contributed by atoms with Crippen molar-refractivity contribution in [3.05, 3.63) is 63.7 Å². The maximum atomic E-state index is 12.7. The Bertz CT molecular complexity index is 777. The van der Waals surface area contributed by atoms with E-state index in [4.69, 9.17) is 0 Å². The van der Waals surface area contributed by atoms with Crippen molar-refractivity contribution in [2.75, 3.05) is 10.6 Å². The molecule has 2 N–H and O–H groups in total. The fourth-order valence-corrected chi connectivity index (χ4v) is 2.66. The molecule has 126 valence electrons. The van der Waals surface area contributed by atoms with E-state index in [2.05, 4.69) is 10.6 Å². The second-order valence-corrected chi connectivity index (χ2v) is 5.56. The van der Waals surface area contributed by atoms with Crippen LogP contribution in [0.1, 0.15) is 17.5 Å². The minimum Gasteiger partial charge on any atom is -0.356 e. The molecule has 0 radical (unpaired) electrons. The predicted octanol–water partition coefficient (Wildman–Crippen LogP) is 4.41. The van der Waals surface area contributed by atoms with Crippen molar-refractivity contribution in [3.8, 4) is 0 Å². The van der Waals surface area contributed by atoms with Crippen LogP contribution in [0.5, 0.6) is 0 Å². The normalized spacial score (nSPS) is 16.9. The Kier molecular flexibility index (Phi) is 4.04. The van der Waals surface area contributed by atoms with E-state index in [0.29, 0.717) is 29.9 Å². The van der Waals surface area contributed by atoms with Crippen LogP contribution in [0.3, 0.4) is 0 Å². The Morgan fingerprint density at radius 1 is 1.17 bits per heavy atom. The summed E-state index contributed by atoms with van der Waals surface area (Å²) < 4.78 is 38.2. The number of benzene rings is 2. The van der Waals surface area contributed by atoms with Gasteiger partial charge in [-0.2, -0.15) is 13.2 Å². The van der Waals surface area contributed by atoms with Gasteiger partial charge in [-0.05, 0) is 48.4 Å². The van der Waals surface area contributed by atoms with E-state index in [1.165, 1.54) is 6.07 Å². The summed E-state index contributed by atoms with van der Waals surface area (Å²) in [5.74, 6) is 0. The third-order valence-corrected chi connectivity index (χ3v) is 3.85. The van der Waals surface area contributed by atoms with Gasteiger partial charge in [0.25, 0.3) is 6.17 Å². The molecule has 0 saturated heterocycles. The summed E-state index contributed by atoms with van der Waals surface area (Å²) in [5.41, 5.74) is 1.81. The minimum absolute atomic E-state index is 0.330. The molecule has 2 aromatic carbocycles. The van der Waals surface area contributed by atoms with Gasteiger partial charge in [0, 0.05) is 28.4 Å². The van der Waals surface area contributed by atoms with Crippen LogP contribution in [0.15, 0.2) is 42.5 Å². The number of nitrogens with one attached hydrogen (secondary N) is 2. The first-order valence-corrected chi connectivity index (χ1v) is 7.30. The van der Waals surface area contributed by atoms with Crippen LogP contribution >= 0.6 is 0 Å². The molecule has 0 aliphatic carbocycles. The molecular formula is C16H14F3N3O2. The average Bonchev–Trinajstić information content (AvgIpc) is 2.53. The zero-order valence-corrected chi connectivity index (χ0v) is 12.4. The topological polar surface area (TPSA) is 67.2 Å². The molecule has 0 saturated carbocycles. The number of halogens is 3. The van der Waals surface area contributed by atoms with Crippen LogP contribution in [0.4, 0.5) is 30.2 Å². The number of rotatable bonds is 3. The maximum absolute atomic E-state index is 12.7. The zero-order valence-electron chi connectivity index (χ0n) is 12.4. The average molecular weight is 337 g/mol. The number of alkyl halides is 3. The standard InChI is InChI=1S/C16H14F3N3O2/c17-16(18,19)11-2-1-3-12(9-11)20-13-5-6-14-10(8-13)4-7-15(21-14)22(23)24/h1-3,5-6,8-9,15,20-21H,4,7H2. The molecule has 5 nitrogen and oxygen atoms in total. The molecule has 1 aliphatic rings. The molecular weight excluding hydrogens is 323 g/mol. The van der Waals surface area contributed by atoms with Crippen molar-refractivity contribution in [2.45, 2.75) is 25.2 Å². The predicted molar refractivity (Wildman–Crippen MR) is 83.9 cm³/mol. The second kappa shape index (κ2) is 6.03. The number of hydrogen-bond donors (Lipinski definition) is 2. The lowest BCUT2D eigenvalue weighted by Gasteiger charge is -2.22. The van der Waals surface area contributed by atoms with Gasteiger partial charge in [-0.3, -0.25) is 10.1 Å².